The van der Waals surface area contributed by atoms with E-state index >= 15 is 0 Å². The van der Waals surface area contributed by atoms with Crippen molar-refractivity contribution in [2.45, 2.75) is 20.0 Å². The van der Waals surface area contributed by atoms with Gasteiger partial charge in [0.2, 0.25) is 0 Å². The number of hydrogen-bond acceptors (Lipinski definition) is 6. The fourth-order valence-electron chi connectivity index (χ4n) is 1.50. The van der Waals surface area contributed by atoms with Crippen LogP contribution in [-0.4, -0.2) is 26.3 Å². The van der Waals surface area contributed by atoms with E-state index < -0.39 is 5.97 Å². The minimum Gasteiger partial charge on any atom is -0.493 e. The lowest BCUT2D eigenvalue weighted by Crippen LogP contribution is -2.13. The van der Waals surface area contributed by atoms with Crippen molar-refractivity contribution in [2.24, 2.45) is 0 Å². The molecule has 0 aliphatic heterocycles. The van der Waals surface area contributed by atoms with Gasteiger partial charge in [0.15, 0.2) is 17.1 Å². The van der Waals surface area contributed by atoms with Gasteiger partial charge in [-0.3, -0.25) is 0 Å². The van der Waals surface area contributed by atoms with Gasteiger partial charge in [-0.2, -0.15) is 5.26 Å². The first-order chi connectivity index (χ1) is 10.0. The van der Waals surface area contributed by atoms with Crippen LogP contribution in [0.2, 0.25) is 0 Å². The van der Waals surface area contributed by atoms with E-state index in [1.165, 1.54) is 13.3 Å². The van der Waals surface area contributed by atoms with Crippen LogP contribution in [0.1, 0.15) is 13.8 Å². The molecule has 0 radical (unpaired) electrons. The van der Waals surface area contributed by atoms with Crippen LogP contribution in [-0.2, 0) is 9.53 Å². The first-order valence-corrected chi connectivity index (χ1v) is 6.31. The van der Waals surface area contributed by atoms with Crippen molar-refractivity contribution in [3.63, 3.8) is 0 Å². The van der Waals surface area contributed by atoms with Gasteiger partial charge < -0.3 is 19.5 Å². The van der Waals surface area contributed by atoms with E-state index in [9.17, 15) is 4.79 Å². The molecule has 0 atom stereocenters. The molecule has 0 fully saturated rings. The lowest BCUT2D eigenvalue weighted by molar-refractivity contribution is -0.142. The Bertz CT molecular complexity index is 574. The van der Waals surface area contributed by atoms with Crippen molar-refractivity contribution in [1.82, 2.24) is 0 Å². The molecule has 1 rings (SSSR count). The van der Waals surface area contributed by atoms with Gasteiger partial charge in [-0.1, -0.05) is 0 Å². The zero-order chi connectivity index (χ0) is 15.8. The number of hydrogen-bond donors (Lipinski definition) is 1. The van der Waals surface area contributed by atoms with Crippen molar-refractivity contribution < 1.29 is 19.0 Å². The fraction of sp³-hybridized carbons (Fsp3) is 0.333. The Morgan fingerprint density at radius 2 is 1.95 bits per heavy atom. The molecule has 0 saturated heterocycles. The Kier molecular flexibility index (Phi) is 6.08. The molecule has 0 aliphatic carbocycles. The number of ether oxygens (including phenoxy) is 3. The molecule has 0 unspecified atom stereocenters. The number of carbonyl (C=O) groups is 1. The molecule has 0 aliphatic rings. The largest absolute Gasteiger partial charge is 0.493 e. The van der Waals surface area contributed by atoms with Crippen LogP contribution in [0.15, 0.2) is 30.0 Å². The second-order valence-corrected chi connectivity index (χ2v) is 4.34. The highest BCUT2D eigenvalue weighted by molar-refractivity contribution is 5.93. The highest BCUT2D eigenvalue weighted by Gasteiger charge is 2.12. The maximum Gasteiger partial charge on any atom is 0.350 e. The smallest absolute Gasteiger partial charge is 0.350 e. The van der Waals surface area contributed by atoms with Gasteiger partial charge in [-0.05, 0) is 26.0 Å². The van der Waals surface area contributed by atoms with Gasteiger partial charge in [-0.15, -0.1) is 0 Å². The summed E-state index contributed by atoms with van der Waals surface area (Å²) in [4.78, 5) is 11.6. The number of rotatable bonds is 6. The van der Waals surface area contributed by atoms with Crippen LogP contribution in [0.4, 0.5) is 5.69 Å². The molecular formula is C15H18N2O4. The normalized spacial score (nSPS) is 10.8. The Labute approximate surface area is 123 Å². The minimum atomic E-state index is -0.666. The van der Waals surface area contributed by atoms with Gasteiger partial charge >= 0.3 is 5.97 Å². The summed E-state index contributed by atoms with van der Waals surface area (Å²) in [5, 5.41) is 11.8. The molecule has 6 nitrogen and oxygen atoms in total. The molecule has 1 aromatic rings. The first-order valence-electron chi connectivity index (χ1n) is 6.31. The van der Waals surface area contributed by atoms with Crippen molar-refractivity contribution in [3.8, 4) is 17.6 Å². The third-order valence-corrected chi connectivity index (χ3v) is 2.45. The van der Waals surface area contributed by atoms with E-state index in [0.29, 0.717) is 17.2 Å². The number of benzene rings is 1. The van der Waals surface area contributed by atoms with Crippen LogP contribution >= 0.6 is 0 Å². The molecule has 0 saturated carbocycles. The van der Waals surface area contributed by atoms with Crippen LogP contribution in [0, 0.1) is 11.3 Å². The molecule has 112 valence electrons. The summed E-state index contributed by atoms with van der Waals surface area (Å²) in [5.74, 6) is 0.464. The van der Waals surface area contributed by atoms with Crippen LogP contribution < -0.4 is 14.8 Å². The summed E-state index contributed by atoms with van der Waals surface area (Å²) in [6, 6.07) is 6.94. The zero-order valence-electron chi connectivity index (χ0n) is 12.5. The zero-order valence-corrected chi connectivity index (χ0v) is 12.5. The molecule has 0 bridgehead atoms. The predicted octanol–water partition coefficient (Wildman–Crippen LogP) is 2.47. The molecular weight excluding hydrogens is 272 g/mol. The van der Waals surface area contributed by atoms with E-state index in [-0.39, 0.29) is 11.7 Å². The monoisotopic (exact) mass is 290 g/mol. The van der Waals surface area contributed by atoms with E-state index in [0.717, 1.165) is 0 Å². The van der Waals surface area contributed by atoms with Crippen LogP contribution in [0.3, 0.4) is 0 Å². The first kappa shape index (κ1) is 16.4. The number of nitriles is 1. The predicted molar refractivity (Wildman–Crippen MR) is 78.1 cm³/mol. The number of nitrogens with zero attached hydrogens (tertiary/aromatic N) is 1. The number of anilines is 1. The second-order valence-electron chi connectivity index (χ2n) is 4.34. The third kappa shape index (κ3) is 4.73. The molecule has 0 amide bonds. The Hall–Kier alpha value is -2.68. The highest BCUT2D eigenvalue weighted by atomic mass is 16.5. The summed E-state index contributed by atoms with van der Waals surface area (Å²) >= 11 is 0. The maximum absolute atomic E-state index is 11.6. The summed E-state index contributed by atoms with van der Waals surface area (Å²) in [6.45, 7) is 3.43. The number of nitrogens with one attached hydrogen (secondary N) is 1. The topological polar surface area (TPSA) is 80.6 Å². The van der Waals surface area contributed by atoms with Crippen LogP contribution in [0.25, 0.3) is 0 Å². The van der Waals surface area contributed by atoms with Gasteiger partial charge in [0.25, 0.3) is 0 Å². The van der Waals surface area contributed by atoms with Gasteiger partial charge in [-0.25, -0.2) is 4.79 Å². The molecule has 0 aromatic heterocycles. The third-order valence-electron chi connectivity index (χ3n) is 2.45. The van der Waals surface area contributed by atoms with Crippen LogP contribution in [0.5, 0.6) is 11.5 Å². The fourth-order valence-corrected chi connectivity index (χ4v) is 1.50. The number of carbonyl (C=O) groups excluding carboxylic acids is 1. The number of methoxy groups -OCH3 is 2. The van der Waals surface area contributed by atoms with E-state index in [1.807, 2.05) is 0 Å². The SMILES string of the molecule is COc1ccc(NC=C(C#N)C(=O)OC(C)C)cc1OC. The molecule has 0 spiro atoms. The summed E-state index contributed by atoms with van der Waals surface area (Å²) in [5.41, 5.74) is 0.538. The van der Waals surface area contributed by atoms with E-state index in [1.54, 1.807) is 45.2 Å². The average Bonchev–Trinajstić information content (AvgIpc) is 2.46. The van der Waals surface area contributed by atoms with Gasteiger partial charge in [0.1, 0.15) is 6.07 Å². The minimum absolute atomic E-state index is 0.113. The summed E-state index contributed by atoms with van der Waals surface area (Å²) < 4.78 is 15.3. The highest BCUT2D eigenvalue weighted by Crippen LogP contribution is 2.29. The molecule has 0 heterocycles. The lowest BCUT2D eigenvalue weighted by atomic mass is 10.2. The molecule has 21 heavy (non-hydrogen) atoms. The van der Waals surface area contributed by atoms with Crippen molar-refractivity contribution in [2.75, 3.05) is 19.5 Å². The Balaban J connectivity index is 2.87. The molecule has 1 aromatic carbocycles. The van der Waals surface area contributed by atoms with E-state index in [4.69, 9.17) is 19.5 Å². The van der Waals surface area contributed by atoms with Crippen molar-refractivity contribution >= 4 is 11.7 Å². The number of esters is 1. The van der Waals surface area contributed by atoms with Gasteiger partial charge in [0, 0.05) is 18.0 Å². The second kappa shape index (κ2) is 7.80. The summed E-state index contributed by atoms with van der Waals surface area (Å²) in [6.07, 6.45) is 1.02. The maximum atomic E-state index is 11.6. The molecule has 6 heteroatoms. The Morgan fingerprint density at radius 3 is 2.48 bits per heavy atom. The standard InChI is InChI=1S/C15H18N2O4/c1-10(2)21-15(18)11(8-16)9-17-12-5-6-13(19-3)14(7-12)20-4/h5-7,9-10,17H,1-4H3. The van der Waals surface area contributed by atoms with Crippen molar-refractivity contribution in [3.05, 3.63) is 30.0 Å². The lowest BCUT2D eigenvalue weighted by Gasteiger charge is -2.10. The quantitative estimate of drug-likeness (QED) is 0.492. The molecule has 1 N–H and O–H groups in total. The Morgan fingerprint density at radius 1 is 1.29 bits per heavy atom. The summed E-state index contributed by atoms with van der Waals surface area (Å²) in [7, 11) is 3.07. The van der Waals surface area contributed by atoms with E-state index in [2.05, 4.69) is 5.32 Å². The van der Waals surface area contributed by atoms with Gasteiger partial charge in [0.05, 0.1) is 20.3 Å². The average molecular weight is 290 g/mol. The van der Waals surface area contributed by atoms with Crippen molar-refractivity contribution in [1.29, 1.82) is 5.26 Å².